The molecule has 1 heteroatoms. The van der Waals surface area contributed by atoms with Crippen LogP contribution in [0.2, 0.25) is 0 Å². The maximum atomic E-state index is 4.50. The first-order valence-electron chi connectivity index (χ1n) is 5.99. The molecule has 1 aliphatic heterocycles. The number of allylic oxidation sites excluding steroid dienone is 3. The smallest absolute Gasteiger partial charge is 0.115 e. The molecule has 0 saturated heterocycles. The molecule has 0 atom stereocenters. The van der Waals surface area contributed by atoms with Gasteiger partial charge >= 0.3 is 0 Å². The number of hydrogen-bond acceptors (Lipinski definition) is 1. The van der Waals surface area contributed by atoms with Gasteiger partial charge < -0.3 is 0 Å². The van der Waals surface area contributed by atoms with Crippen molar-refractivity contribution >= 4 is 5.71 Å². The van der Waals surface area contributed by atoms with Crippen molar-refractivity contribution in [2.24, 2.45) is 10.4 Å². The predicted molar refractivity (Wildman–Crippen MR) is 71.4 cm³/mol. The lowest BCUT2D eigenvalue weighted by Gasteiger charge is -2.16. The summed E-state index contributed by atoms with van der Waals surface area (Å²) in [6, 6.07) is 0. The Morgan fingerprint density at radius 1 is 1.44 bits per heavy atom. The van der Waals surface area contributed by atoms with Crippen LogP contribution < -0.4 is 0 Å². The summed E-state index contributed by atoms with van der Waals surface area (Å²) in [6.45, 7) is 10.7. The summed E-state index contributed by atoms with van der Waals surface area (Å²) in [7, 11) is 0. The minimum Gasteiger partial charge on any atom is -0.248 e. The van der Waals surface area contributed by atoms with E-state index in [0.717, 1.165) is 18.6 Å². The molecule has 0 fully saturated rings. The molecule has 0 bridgehead atoms. The summed E-state index contributed by atoms with van der Waals surface area (Å²) in [5.74, 6) is 6.52. The van der Waals surface area contributed by atoms with Gasteiger partial charge in [-0.15, -0.1) is 0 Å². The summed E-state index contributed by atoms with van der Waals surface area (Å²) in [6.07, 6.45) is 6.20. The summed E-state index contributed by atoms with van der Waals surface area (Å²) in [5.41, 5.74) is 3.36. The maximum absolute atomic E-state index is 4.50. The number of hydrogen-bond donors (Lipinski definition) is 0. The molecule has 16 heavy (non-hydrogen) atoms. The highest BCUT2D eigenvalue weighted by molar-refractivity contribution is 6.13. The fraction of sp³-hybridized carbons (Fsp3) is 0.533. The Bertz CT molecular complexity index is 408. The van der Waals surface area contributed by atoms with Gasteiger partial charge in [0.05, 0.1) is 0 Å². The highest BCUT2D eigenvalue weighted by Gasteiger charge is 2.18. The summed E-state index contributed by atoms with van der Waals surface area (Å²) in [4.78, 5) is 4.50. The Balaban J connectivity index is 3.12. The van der Waals surface area contributed by atoms with E-state index >= 15 is 0 Å². The highest BCUT2D eigenvalue weighted by Crippen LogP contribution is 2.26. The van der Waals surface area contributed by atoms with Crippen LogP contribution in [0.5, 0.6) is 0 Å². The Morgan fingerprint density at radius 3 is 2.69 bits per heavy atom. The number of nitrogens with zero attached hydrogens (tertiary/aromatic N) is 1. The quantitative estimate of drug-likeness (QED) is 0.628. The van der Waals surface area contributed by atoms with Crippen molar-refractivity contribution in [3.63, 3.8) is 0 Å². The van der Waals surface area contributed by atoms with E-state index in [0.29, 0.717) is 0 Å². The zero-order valence-corrected chi connectivity index (χ0v) is 11.0. The summed E-state index contributed by atoms with van der Waals surface area (Å²) in [5, 5.41) is 0. The van der Waals surface area contributed by atoms with E-state index in [1.54, 1.807) is 0 Å². The maximum Gasteiger partial charge on any atom is 0.115 e. The zero-order valence-electron chi connectivity index (χ0n) is 11.0. The molecule has 0 spiro atoms. The molecule has 1 rings (SSSR count). The van der Waals surface area contributed by atoms with Crippen molar-refractivity contribution in [1.82, 2.24) is 0 Å². The molecular formula is C15H21N. The second kappa shape index (κ2) is 5.16. The van der Waals surface area contributed by atoms with Crippen LogP contribution in [0.3, 0.4) is 0 Å². The van der Waals surface area contributed by atoms with Crippen LogP contribution in [-0.2, 0) is 0 Å². The van der Waals surface area contributed by atoms with Gasteiger partial charge in [-0.05, 0) is 50.7 Å². The van der Waals surface area contributed by atoms with Gasteiger partial charge in [0, 0.05) is 11.6 Å². The second-order valence-electron chi connectivity index (χ2n) is 4.66. The van der Waals surface area contributed by atoms with Gasteiger partial charge in [0.2, 0.25) is 0 Å². The molecular weight excluding hydrogens is 194 g/mol. The standard InChI is InChI=1S/C15H21N/c1-6-8-13(7-2)14-9-10-15(4,5)12(3)11-16-14/h8,11H,6-7H2,1-5H3/b13-8-. The lowest BCUT2D eigenvalue weighted by Crippen LogP contribution is -2.09. The van der Waals surface area contributed by atoms with Crippen LogP contribution in [0.1, 0.15) is 47.5 Å². The molecule has 0 aromatic carbocycles. The predicted octanol–water partition coefficient (Wildman–Crippen LogP) is 4.12. The SMILES string of the molecule is CC/C=C(/CC)C1=NC=C(C)C(C)(C)C#C1. The molecule has 0 radical (unpaired) electrons. The van der Waals surface area contributed by atoms with Crippen molar-refractivity contribution in [2.75, 3.05) is 0 Å². The molecule has 0 aromatic heterocycles. The van der Waals surface area contributed by atoms with E-state index in [1.165, 1.54) is 11.1 Å². The Hall–Kier alpha value is -1.29. The monoisotopic (exact) mass is 215 g/mol. The highest BCUT2D eigenvalue weighted by atomic mass is 14.7. The summed E-state index contributed by atoms with van der Waals surface area (Å²) < 4.78 is 0. The van der Waals surface area contributed by atoms with E-state index in [2.05, 4.69) is 57.5 Å². The Labute approximate surface area is 99.4 Å². The first kappa shape index (κ1) is 12.8. The number of aliphatic imine (C=N–C) groups is 1. The van der Waals surface area contributed by atoms with Gasteiger partial charge in [-0.25, -0.2) is 4.99 Å². The Kier molecular flexibility index (Phi) is 4.12. The molecule has 0 amide bonds. The van der Waals surface area contributed by atoms with Gasteiger partial charge in [0.25, 0.3) is 0 Å². The van der Waals surface area contributed by atoms with Crippen molar-refractivity contribution in [3.8, 4) is 11.8 Å². The van der Waals surface area contributed by atoms with Gasteiger partial charge in [-0.2, -0.15) is 0 Å². The van der Waals surface area contributed by atoms with Crippen LogP contribution in [-0.4, -0.2) is 5.71 Å². The third-order valence-electron chi connectivity index (χ3n) is 3.00. The van der Waals surface area contributed by atoms with Crippen molar-refractivity contribution in [2.45, 2.75) is 47.5 Å². The molecule has 1 aliphatic rings. The Morgan fingerprint density at radius 2 is 2.12 bits per heavy atom. The molecule has 0 aromatic rings. The molecule has 0 unspecified atom stereocenters. The third kappa shape index (κ3) is 2.85. The largest absolute Gasteiger partial charge is 0.248 e. The van der Waals surface area contributed by atoms with Gasteiger partial charge in [0.1, 0.15) is 5.71 Å². The van der Waals surface area contributed by atoms with E-state index in [1.807, 2.05) is 6.20 Å². The van der Waals surface area contributed by atoms with Crippen LogP contribution in [0.15, 0.2) is 28.4 Å². The van der Waals surface area contributed by atoms with Crippen LogP contribution in [0, 0.1) is 17.3 Å². The van der Waals surface area contributed by atoms with Gasteiger partial charge in [-0.3, -0.25) is 0 Å². The normalized spacial score (nSPS) is 19.2. The summed E-state index contributed by atoms with van der Waals surface area (Å²) >= 11 is 0. The lowest BCUT2D eigenvalue weighted by molar-refractivity contribution is 0.606. The van der Waals surface area contributed by atoms with E-state index in [4.69, 9.17) is 0 Å². The van der Waals surface area contributed by atoms with Crippen molar-refractivity contribution in [3.05, 3.63) is 23.4 Å². The first-order valence-corrected chi connectivity index (χ1v) is 5.99. The van der Waals surface area contributed by atoms with Crippen LogP contribution in [0.4, 0.5) is 0 Å². The topological polar surface area (TPSA) is 12.4 Å². The second-order valence-corrected chi connectivity index (χ2v) is 4.66. The molecule has 0 saturated carbocycles. The van der Waals surface area contributed by atoms with Crippen molar-refractivity contribution < 1.29 is 0 Å². The molecule has 0 N–H and O–H groups in total. The zero-order chi connectivity index (χ0) is 12.2. The van der Waals surface area contributed by atoms with E-state index in [9.17, 15) is 0 Å². The van der Waals surface area contributed by atoms with Gasteiger partial charge in [-0.1, -0.05) is 25.8 Å². The lowest BCUT2D eigenvalue weighted by atomic mass is 9.86. The molecule has 1 nitrogen and oxygen atoms in total. The number of rotatable bonds is 3. The fourth-order valence-corrected chi connectivity index (χ4v) is 1.49. The van der Waals surface area contributed by atoms with Gasteiger partial charge in [0.15, 0.2) is 0 Å². The minimum atomic E-state index is -0.0592. The van der Waals surface area contributed by atoms with E-state index < -0.39 is 0 Å². The van der Waals surface area contributed by atoms with Crippen LogP contribution >= 0.6 is 0 Å². The average Bonchev–Trinajstić information content (AvgIpc) is 2.37. The van der Waals surface area contributed by atoms with Crippen LogP contribution in [0.25, 0.3) is 0 Å². The first-order chi connectivity index (χ1) is 7.51. The molecule has 86 valence electrons. The van der Waals surface area contributed by atoms with E-state index in [-0.39, 0.29) is 5.41 Å². The molecule has 0 aliphatic carbocycles. The minimum absolute atomic E-state index is 0.0592. The fourth-order valence-electron chi connectivity index (χ4n) is 1.49. The van der Waals surface area contributed by atoms with Crippen molar-refractivity contribution in [1.29, 1.82) is 0 Å². The average molecular weight is 215 g/mol. The third-order valence-corrected chi connectivity index (χ3v) is 3.00. The molecule has 1 heterocycles.